The molecule has 0 fully saturated rings. The lowest BCUT2D eigenvalue weighted by molar-refractivity contribution is 1.33. The third-order valence-electron chi connectivity index (χ3n) is 2.11. The van der Waals surface area contributed by atoms with Crippen LogP contribution in [-0.2, 0) is 0 Å². The van der Waals surface area contributed by atoms with Crippen LogP contribution in [0.1, 0.15) is 11.1 Å². The summed E-state index contributed by atoms with van der Waals surface area (Å²) in [6.07, 6.45) is 0. The highest BCUT2D eigenvalue weighted by molar-refractivity contribution is 5.63. The molecular formula is C10H16N2. The number of rotatable bonds is 2. The van der Waals surface area contributed by atoms with Gasteiger partial charge in [-0.05, 0) is 37.1 Å². The molecule has 0 heterocycles. The van der Waals surface area contributed by atoms with Crippen molar-refractivity contribution in [3.05, 3.63) is 23.3 Å². The van der Waals surface area contributed by atoms with Gasteiger partial charge in [-0.3, -0.25) is 0 Å². The number of aryl methyl sites for hydroxylation is 2. The molecule has 0 radical (unpaired) electrons. The van der Waals surface area contributed by atoms with Crippen molar-refractivity contribution in [3.8, 4) is 0 Å². The van der Waals surface area contributed by atoms with Crippen LogP contribution in [0.5, 0.6) is 0 Å². The van der Waals surface area contributed by atoms with Crippen molar-refractivity contribution < 1.29 is 0 Å². The van der Waals surface area contributed by atoms with E-state index in [-0.39, 0.29) is 0 Å². The Kier molecular flexibility index (Phi) is 2.58. The molecule has 2 N–H and O–H groups in total. The minimum absolute atomic E-state index is 1.20. The summed E-state index contributed by atoms with van der Waals surface area (Å²) in [6, 6.07) is 4.31. The van der Waals surface area contributed by atoms with E-state index in [4.69, 9.17) is 0 Å². The molecule has 0 saturated carbocycles. The maximum atomic E-state index is 3.16. The molecule has 1 aromatic rings. The maximum Gasteiger partial charge on any atom is 0.0371 e. The maximum absolute atomic E-state index is 3.16. The Morgan fingerprint density at radius 2 is 1.17 bits per heavy atom. The Bertz CT molecular complexity index is 250. The van der Waals surface area contributed by atoms with Crippen molar-refractivity contribution in [2.24, 2.45) is 0 Å². The highest BCUT2D eigenvalue weighted by Crippen LogP contribution is 2.23. The van der Waals surface area contributed by atoms with Gasteiger partial charge in [0.05, 0.1) is 0 Å². The molecule has 0 unspecified atom stereocenters. The molecule has 0 aliphatic carbocycles. The highest BCUT2D eigenvalue weighted by Gasteiger charge is 2.00. The summed E-state index contributed by atoms with van der Waals surface area (Å²) in [5.41, 5.74) is 4.94. The quantitative estimate of drug-likeness (QED) is 0.701. The predicted octanol–water partition coefficient (Wildman–Crippen LogP) is 2.39. The van der Waals surface area contributed by atoms with Gasteiger partial charge in [-0.15, -0.1) is 0 Å². The average Bonchev–Trinajstić information content (AvgIpc) is 2.08. The Morgan fingerprint density at radius 1 is 0.833 bits per heavy atom. The SMILES string of the molecule is CNc1cc(C)c(NC)cc1C. The van der Waals surface area contributed by atoms with Crippen LogP contribution >= 0.6 is 0 Å². The smallest absolute Gasteiger partial charge is 0.0371 e. The summed E-state index contributed by atoms with van der Waals surface area (Å²) < 4.78 is 0. The van der Waals surface area contributed by atoms with Gasteiger partial charge < -0.3 is 10.6 Å². The predicted molar refractivity (Wildman–Crippen MR) is 55.0 cm³/mol. The molecule has 0 atom stereocenters. The van der Waals surface area contributed by atoms with Crippen LogP contribution in [0.4, 0.5) is 11.4 Å². The van der Waals surface area contributed by atoms with Crippen LogP contribution in [0.2, 0.25) is 0 Å². The fraction of sp³-hybridized carbons (Fsp3) is 0.400. The Morgan fingerprint density at radius 3 is 1.42 bits per heavy atom. The van der Waals surface area contributed by atoms with Gasteiger partial charge in [-0.2, -0.15) is 0 Å². The zero-order chi connectivity index (χ0) is 9.14. The number of hydrogen-bond acceptors (Lipinski definition) is 2. The van der Waals surface area contributed by atoms with E-state index in [1.54, 1.807) is 0 Å². The number of hydrogen-bond donors (Lipinski definition) is 2. The van der Waals surface area contributed by atoms with Crippen molar-refractivity contribution in [2.45, 2.75) is 13.8 Å². The topological polar surface area (TPSA) is 24.1 Å². The lowest BCUT2D eigenvalue weighted by atomic mass is 10.1. The molecule has 1 rings (SSSR count). The minimum Gasteiger partial charge on any atom is -0.388 e. The van der Waals surface area contributed by atoms with E-state index in [1.807, 2.05) is 14.1 Å². The van der Waals surface area contributed by atoms with Crippen LogP contribution in [-0.4, -0.2) is 14.1 Å². The second kappa shape index (κ2) is 3.48. The molecule has 2 nitrogen and oxygen atoms in total. The van der Waals surface area contributed by atoms with Gasteiger partial charge in [0, 0.05) is 25.5 Å². The van der Waals surface area contributed by atoms with Crippen molar-refractivity contribution in [3.63, 3.8) is 0 Å². The molecular weight excluding hydrogens is 148 g/mol. The zero-order valence-corrected chi connectivity index (χ0v) is 8.15. The summed E-state index contributed by atoms with van der Waals surface area (Å²) in [6.45, 7) is 4.21. The third-order valence-corrected chi connectivity index (χ3v) is 2.11. The molecule has 0 amide bonds. The standard InChI is InChI=1S/C10H16N2/c1-7-5-10(12-4)8(2)6-9(7)11-3/h5-6,11-12H,1-4H3. The van der Waals surface area contributed by atoms with Crippen molar-refractivity contribution >= 4 is 11.4 Å². The van der Waals surface area contributed by atoms with Gasteiger partial charge in [0.2, 0.25) is 0 Å². The van der Waals surface area contributed by atoms with E-state index >= 15 is 0 Å². The molecule has 1 aromatic carbocycles. The van der Waals surface area contributed by atoms with Gasteiger partial charge in [-0.25, -0.2) is 0 Å². The van der Waals surface area contributed by atoms with Crippen LogP contribution in [0.25, 0.3) is 0 Å². The molecule has 0 aromatic heterocycles. The molecule has 0 aliphatic rings. The second-order valence-corrected chi connectivity index (χ2v) is 2.98. The molecule has 66 valence electrons. The van der Waals surface area contributed by atoms with Crippen LogP contribution in [0.15, 0.2) is 12.1 Å². The summed E-state index contributed by atoms with van der Waals surface area (Å²) in [5, 5.41) is 6.32. The van der Waals surface area contributed by atoms with E-state index in [1.165, 1.54) is 22.5 Å². The molecule has 0 saturated heterocycles. The van der Waals surface area contributed by atoms with Crippen molar-refractivity contribution in [1.82, 2.24) is 0 Å². The first kappa shape index (κ1) is 8.91. The average molecular weight is 164 g/mol. The summed E-state index contributed by atoms with van der Waals surface area (Å²) in [4.78, 5) is 0. The Hall–Kier alpha value is -1.18. The lowest BCUT2D eigenvalue weighted by Crippen LogP contribution is -1.97. The first-order valence-corrected chi connectivity index (χ1v) is 4.15. The molecule has 12 heavy (non-hydrogen) atoms. The number of benzene rings is 1. The van der Waals surface area contributed by atoms with Gasteiger partial charge >= 0.3 is 0 Å². The number of nitrogens with one attached hydrogen (secondary N) is 2. The largest absolute Gasteiger partial charge is 0.388 e. The van der Waals surface area contributed by atoms with Crippen molar-refractivity contribution in [1.29, 1.82) is 0 Å². The molecule has 0 aliphatic heterocycles. The first-order valence-electron chi connectivity index (χ1n) is 4.15. The zero-order valence-electron chi connectivity index (χ0n) is 8.15. The summed E-state index contributed by atoms with van der Waals surface area (Å²) in [5.74, 6) is 0. The molecule has 0 bridgehead atoms. The monoisotopic (exact) mass is 164 g/mol. The third kappa shape index (κ3) is 1.52. The normalized spacial score (nSPS) is 9.67. The van der Waals surface area contributed by atoms with E-state index in [9.17, 15) is 0 Å². The molecule has 2 heteroatoms. The van der Waals surface area contributed by atoms with Crippen LogP contribution in [0.3, 0.4) is 0 Å². The van der Waals surface area contributed by atoms with E-state index in [0.717, 1.165) is 0 Å². The number of anilines is 2. The molecule has 0 spiro atoms. The Balaban J connectivity index is 3.16. The lowest BCUT2D eigenvalue weighted by Gasteiger charge is -2.10. The second-order valence-electron chi connectivity index (χ2n) is 2.98. The van der Waals surface area contributed by atoms with E-state index in [2.05, 4.69) is 36.6 Å². The Labute approximate surface area is 74.0 Å². The minimum atomic E-state index is 1.20. The summed E-state index contributed by atoms with van der Waals surface area (Å²) >= 11 is 0. The highest BCUT2D eigenvalue weighted by atomic mass is 14.8. The first-order chi connectivity index (χ1) is 5.69. The fourth-order valence-corrected chi connectivity index (χ4v) is 1.35. The van der Waals surface area contributed by atoms with Crippen LogP contribution in [0, 0.1) is 13.8 Å². The van der Waals surface area contributed by atoms with Gasteiger partial charge in [0.1, 0.15) is 0 Å². The fourth-order valence-electron chi connectivity index (χ4n) is 1.35. The van der Waals surface area contributed by atoms with E-state index in [0.29, 0.717) is 0 Å². The van der Waals surface area contributed by atoms with E-state index < -0.39 is 0 Å². The van der Waals surface area contributed by atoms with Crippen LogP contribution < -0.4 is 10.6 Å². The van der Waals surface area contributed by atoms with Gasteiger partial charge in [-0.1, -0.05) is 0 Å². The van der Waals surface area contributed by atoms with Gasteiger partial charge in [0.25, 0.3) is 0 Å². The van der Waals surface area contributed by atoms with Gasteiger partial charge in [0.15, 0.2) is 0 Å². The van der Waals surface area contributed by atoms with Crippen molar-refractivity contribution in [2.75, 3.05) is 24.7 Å². The summed E-state index contributed by atoms with van der Waals surface area (Å²) in [7, 11) is 3.89.